The van der Waals surface area contributed by atoms with Crippen molar-refractivity contribution in [3.05, 3.63) is 47.7 Å². The molecule has 58 heavy (non-hydrogen) atoms. The van der Waals surface area contributed by atoms with Gasteiger partial charge in [-0.15, -0.1) is 6.42 Å². The lowest BCUT2D eigenvalue weighted by Crippen LogP contribution is -2.64. The maximum atomic E-state index is 18.0. The van der Waals surface area contributed by atoms with Gasteiger partial charge in [0.25, 0.3) is 0 Å². The van der Waals surface area contributed by atoms with Crippen LogP contribution in [0.2, 0.25) is 0 Å². The maximum absolute atomic E-state index is 18.0. The number of anilines is 1. The Bertz CT molecular complexity index is 2520. The predicted molar refractivity (Wildman–Crippen MR) is 213 cm³/mol. The van der Waals surface area contributed by atoms with Gasteiger partial charge in [0.1, 0.15) is 46.8 Å². The third-order valence-corrected chi connectivity index (χ3v) is 12.1. The van der Waals surface area contributed by atoms with Gasteiger partial charge in [0.2, 0.25) is 0 Å². The van der Waals surface area contributed by atoms with Crippen LogP contribution in [-0.4, -0.2) is 112 Å². The minimum atomic E-state index is -0.969. The van der Waals surface area contributed by atoms with Gasteiger partial charge in [0, 0.05) is 68.8 Å². The van der Waals surface area contributed by atoms with Crippen molar-refractivity contribution in [3.8, 4) is 35.2 Å². The van der Waals surface area contributed by atoms with Gasteiger partial charge >= 0.3 is 12.1 Å². The number of nitrogens with zero attached hydrogens (tertiary/aromatic N) is 7. The molecule has 5 saturated heterocycles. The van der Waals surface area contributed by atoms with E-state index in [0.717, 1.165) is 32.2 Å². The molecule has 1 amide bonds. The van der Waals surface area contributed by atoms with Crippen molar-refractivity contribution in [1.29, 1.82) is 0 Å². The minimum Gasteiger partial charge on any atom is -0.468 e. The zero-order chi connectivity index (χ0) is 40.7. The zero-order valence-electron chi connectivity index (χ0n) is 33.3. The number of alkyl halides is 1. The lowest BCUT2D eigenvalue weighted by molar-refractivity contribution is 0.000787. The fraction of sp³-hybridized carbons (Fsp3) is 0.488. The average Bonchev–Trinajstić information content (AvgIpc) is 3.86. The van der Waals surface area contributed by atoms with Crippen LogP contribution < -0.4 is 14.4 Å². The number of aryl methyl sites for hydroxylation is 1. The highest BCUT2D eigenvalue weighted by Gasteiger charge is 2.50. The van der Waals surface area contributed by atoms with Crippen LogP contribution in [-0.2, 0) is 16.5 Å². The molecule has 0 saturated carbocycles. The van der Waals surface area contributed by atoms with E-state index in [4.69, 9.17) is 40.4 Å². The monoisotopic (exact) mass is 797 g/mol. The molecular formula is C43H46F3N7O5. The highest BCUT2D eigenvalue weighted by Crippen LogP contribution is 2.47. The van der Waals surface area contributed by atoms with Gasteiger partial charge < -0.3 is 28.7 Å². The quantitative estimate of drug-likeness (QED) is 0.119. The van der Waals surface area contributed by atoms with Crippen LogP contribution in [0.4, 0.5) is 23.8 Å². The van der Waals surface area contributed by atoms with Crippen LogP contribution in [0.15, 0.2) is 30.5 Å². The van der Waals surface area contributed by atoms with Gasteiger partial charge in [-0.25, -0.2) is 18.0 Å². The molecule has 7 heterocycles. The molecule has 2 unspecified atom stereocenters. The highest BCUT2D eigenvalue weighted by atomic mass is 19.1. The molecule has 15 heteroatoms. The first-order valence-corrected chi connectivity index (χ1v) is 19.8. The highest BCUT2D eigenvalue weighted by molar-refractivity contribution is 6.18. The normalized spacial score (nSPS) is 23.3. The lowest BCUT2D eigenvalue weighted by Gasteiger charge is -2.51. The van der Waals surface area contributed by atoms with Crippen molar-refractivity contribution < 1.29 is 36.9 Å². The standard InChI is InChI=1S/C43H46F3N7O5/c1-7-29-32(45)12-9-24-15-28(57-23-55-6)16-30(33(24)29)34-36(46)38-35(31-21-50(5)49-37(31)34)39(48-40(47-38)56-22-43-13-8-14-51(43)18-25(44)17-43)52-19-27-11-10-26(52)20-53(27)41(54)58-42(2,3)4/h1,9,12,15-16,21,25-27H,8,10-11,13-14,17-20,22-23H2,2-6H3/t25-,26?,27?,43+/m1/s1. The van der Waals surface area contributed by atoms with Gasteiger partial charge in [-0.1, -0.05) is 12.0 Å². The molecule has 2 aromatic heterocycles. The largest absolute Gasteiger partial charge is 0.468 e. The molecule has 2 bridgehead atoms. The number of aromatic nitrogens is 4. The number of benzene rings is 3. The summed E-state index contributed by atoms with van der Waals surface area (Å²) in [7, 11) is 3.23. The first-order valence-electron chi connectivity index (χ1n) is 19.8. The summed E-state index contributed by atoms with van der Waals surface area (Å²) in [5, 5.41) is 6.58. The summed E-state index contributed by atoms with van der Waals surface area (Å²) >= 11 is 0. The molecule has 0 aliphatic carbocycles. The molecule has 10 rings (SSSR count). The lowest BCUT2D eigenvalue weighted by atomic mass is 9.89. The van der Waals surface area contributed by atoms with E-state index in [1.165, 1.54) is 13.2 Å². The van der Waals surface area contributed by atoms with E-state index in [0.29, 0.717) is 59.2 Å². The smallest absolute Gasteiger partial charge is 0.410 e. The number of carbonyl (C=O) groups excluding carboxylic acids is 1. The fourth-order valence-corrected chi connectivity index (χ4v) is 9.67. The first kappa shape index (κ1) is 38.2. The number of fused-ring (bicyclic) bond motifs is 8. The maximum Gasteiger partial charge on any atom is 0.410 e. The molecule has 4 atom stereocenters. The third kappa shape index (κ3) is 6.41. The Balaban J connectivity index is 1.25. The van der Waals surface area contributed by atoms with Crippen LogP contribution in [0.1, 0.15) is 58.4 Å². The summed E-state index contributed by atoms with van der Waals surface area (Å²) in [5.74, 6) is 1.89. The molecule has 3 aromatic carbocycles. The minimum absolute atomic E-state index is 0.0356. The number of hydrogen-bond donors (Lipinski definition) is 0. The number of halogens is 3. The molecule has 304 valence electrons. The molecule has 5 aliphatic rings. The Labute approximate surface area is 334 Å². The molecule has 5 fully saturated rings. The van der Waals surface area contributed by atoms with Crippen LogP contribution in [0.3, 0.4) is 0 Å². The zero-order valence-corrected chi connectivity index (χ0v) is 33.3. The SMILES string of the molecule is C#Cc1c(F)ccc2cc(OCOC)cc(-c3c(F)c4nc(OC[C@@]56CCCN5C[C@H](F)C6)nc(N5CC6CCC5CN6C(=O)OC(C)(C)C)c4c4cn(C)nc34)c12. The van der Waals surface area contributed by atoms with E-state index in [2.05, 4.69) is 15.7 Å². The number of amides is 1. The van der Waals surface area contributed by atoms with E-state index in [1.807, 2.05) is 20.8 Å². The van der Waals surface area contributed by atoms with E-state index >= 15 is 8.78 Å². The van der Waals surface area contributed by atoms with Crippen LogP contribution in [0.25, 0.3) is 43.7 Å². The van der Waals surface area contributed by atoms with Gasteiger partial charge in [-0.05, 0) is 82.1 Å². The van der Waals surface area contributed by atoms with E-state index < -0.39 is 28.9 Å². The van der Waals surface area contributed by atoms with Gasteiger partial charge in [0.05, 0.1) is 22.5 Å². The molecule has 0 radical (unpaired) electrons. The number of piperidine rings is 2. The fourth-order valence-electron chi connectivity index (χ4n) is 9.67. The molecule has 5 aromatic rings. The summed E-state index contributed by atoms with van der Waals surface area (Å²) in [5.41, 5.74) is -0.664. The van der Waals surface area contributed by atoms with Gasteiger partial charge in [0.15, 0.2) is 12.6 Å². The topological polar surface area (TPSA) is 107 Å². The Morgan fingerprint density at radius 2 is 1.86 bits per heavy atom. The van der Waals surface area contributed by atoms with Crippen molar-refractivity contribution in [2.24, 2.45) is 7.05 Å². The number of carbonyl (C=O) groups is 1. The van der Waals surface area contributed by atoms with Crippen molar-refractivity contribution in [3.63, 3.8) is 0 Å². The molecule has 0 spiro atoms. The van der Waals surface area contributed by atoms with E-state index in [9.17, 15) is 9.18 Å². The van der Waals surface area contributed by atoms with E-state index in [1.54, 1.807) is 41.0 Å². The van der Waals surface area contributed by atoms with Crippen molar-refractivity contribution >= 4 is 44.5 Å². The number of piperazine rings is 1. The summed E-state index contributed by atoms with van der Waals surface area (Å²) < 4.78 is 73.1. The number of hydrogen-bond acceptors (Lipinski definition) is 10. The van der Waals surface area contributed by atoms with Gasteiger partial charge in [-0.2, -0.15) is 15.1 Å². The van der Waals surface area contributed by atoms with Crippen LogP contribution >= 0.6 is 0 Å². The molecular weight excluding hydrogens is 752 g/mol. The second kappa shape index (κ2) is 14.2. The van der Waals surface area contributed by atoms with E-state index in [-0.39, 0.29) is 65.3 Å². The molecule has 5 aliphatic heterocycles. The average molecular weight is 798 g/mol. The predicted octanol–water partition coefficient (Wildman–Crippen LogP) is 7.12. The number of rotatable bonds is 8. The van der Waals surface area contributed by atoms with Crippen molar-refractivity contribution in [1.82, 2.24) is 29.5 Å². The number of terminal acetylenes is 1. The second-order valence-corrected chi connectivity index (χ2v) is 17.0. The van der Waals surface area contributed by atoms with Crippen LogP contribution in [0, 0.1) is 24.0 Å². The first-order chi connectivity index (χ1) is 27.8. The van der Waals surface area contributed by atoms with Crippen LogP contribution in [0.5, 0.6) is 11.8 Å². The Hall–Kier alpha value is -5.33. The summed E-state index contributed by atoms with van der Waals surface area (Å²) in [4.78, 5) is 29.2. The molecule has 0 N–H and O–H groups in total. The third-order valence-electron chi connectivity index (χ3n) is 12.1. The van der Waals surface area contributed by atoms with Crippen molar-refractivity contribution in [2.75, 3.05) is 51.6 Å². The molecule has 12 nitrogen and oxygen atoms in total. The summed E-state index contributed by atoms with van der Waals surface area (Å²) in [6.07, 6.45) is 9.90. The number of methoxy groups -OCH3 is 1. The summed E-state index contributed by atoms with van der Waals surface area (Å²) in [6, 6.07) is 5.72. The Kier molecular flexibility index (Phi) is 9.35. The summed E-state index contributed by atoms with van der Waals surface area (Å²) in [6.45, 7) is 7.49. The van der Waals surface area contributed by atoms with Gasteiger partial charge in [-0.3, -0.25) is 9.58 Å². The number of ether oxygens (including phenoxy) is 4. The van der Waals surface area contributed by atoms with Crippen molar-refractivity contribution in [2.45, 2.75) is 82.3 Å². The Morgan fingerprint density at radius 1 is 1.05 bits per heavy atom. The second-order valence-electron chi connectivity index (χ2n) is 17.0. The Morgan fingerprint density at radius 3 is 2.60 bits per heavy atom.